The Morgan fingerprint density at radius 2 is 1.78 bits per heavy atom. The Kier molecular flexibility index (Phi) is 9.33. The minimum atomic E-state index is -0.801. The topological polar surface area (TPSA) is 44.8 Å². The van der Waals surface area contributed by atoms with Crippen molar-refractivity contribution in [3.8, 4) is 23.8 Å². The molecule has 3 aromatic rings. The highest BCUT2D eigenvalue weighted by Crippen LogP contribution is 2.41. The van der Waals surface area contributed by atoms with E-state index in [0.717, 1.165) is 33.6 Å². The zero-order valence-electron chi connectivity index (χ0n) is 21.7. The van der Waals surface area contributed by atoms with Crippen LogP contribution < -0.4 is 9.47 Å². The highest BCUT2D eigenvalue weighted by molar-refractivity contribution is 5.79. The molecule has 187 valence electrons. The molecule has 3 rings (SSSR count). The van der Waals surface area contributed by atoms with Crippen LogP contribution in [0.2, 0.25) is 0 Å². The number of hydrogen-bond donors (Lipinski definition) is 0. The van der Waals surface area contributed by atoms with Crippen molar-refractivity contribution in [3.05, 3.63) is 101 Å². The van der Waals surface area contributed by atoms with E-state index in [1.807, 2.05) is 50.2 Å². The van der Waals surface area contributed by atoms with E-state index in [2.05, 4.69) is 38.0 Å². The SMILES string of the molecule is C#CCCC(c1ccc(C)c(COCc2ccc(OC)cc2)c1)C(C)(C)C(=O)Oc1cccc([CH2])c1. The van der Waals surface area contributed by atoms with Crippen LogP contribution in [0.3, 0.4) is 0 Å². The lowest BCUT2D eigenvalue weighted by atomic mass is 9.72. The molecule has 0 spiro atoms. The molecule has 36 heavy (non-hydrogen) atoms. The van der Waals surface area contributed by atoms with Crippen LogP contribution in [0.1, 0.15) is 60.4 Å². The van der Waals surface area contributed by atoms with Crippen molar-refractivity contribution in [2.24, 2.45) is 5.41 Å². The average molecular weight is 484 g/mol. The molecule has 1 unspecified atom stereocenters. The largest absolute Gasteiger partial charge is 0.497 e. The lowest BCUT2D eigenvalue weighted by Gasteiger charge is -2.33. The van der Waals surface area contributed by atoms with Gasteiger partial charge >= 0.3 is 5.97 Å². The molecule has 0 N–H and O–H groups in total. The van der Waals surface area contributed by atoms with Gasteiger partial charge < -0.3 is 14.2 Å². The molecule has 0 aliphatic carbocycles. The molecule has 4 nitrogen and oxygen atoms in total. The maximum Gasteiger partial charge on any atom is 0.317 e. The first-order chi connectivity index (χ1) is 17.2. The third-order valence-electron chi connectivity index (χ3n) is 6.54. The van der Waals surface area contributed by atoms with Gasteiger partial charge in [-0.15, -0.1) is 12.3 Å². The number of methoxy groups -OCH3 is 1. The van der Waals surface area contributed by atoms with Crippen LogP contribution in [0.25, 0.3) is 0 Å². The van der Waals surface area contributed by atoms with E-state index in [1.54, 1.807) is 19.2 Å². The second-order valence-corrected chi connectivity index (χ2v) is 9.58. The molecule has 3 aromatic carbocycles. The zero-order chi connectivity index (χ0) is 26.1. The number of carbonyl (C=O) groups is 1. The Morgan fingerprint density at radius 1 is 1.03 bits per heavy atom. The van der Waals surface area contributed by atoms with Crippen molar-refractivity contribution in [2.45, 2.75) is 52.7 Å². The van der Waals surface area contributed by atoms with Crippen LogP contribution in [0, 0.1) is 31.6 Å². The van der Waals surface area contributed by atoms with Crippen molar-refractivity contribution in [1.82, 2.24) is 0 Å². The van der Waals surface area contributed by atoms with Gasteiger partial charge in [0.15, 0.2) is 0 Å². The van der Waals surface area contributed by atoms with Crippen molar-refractivity contribution in [2.75, 3.05) is 7.11 Å². The van der Waals surface area contributed by atoms with Crippen LogP contribution in [-0.4, -0.2) is 13.1 Å². The Labute approximate surface area is 215 Å². The van der Waals surface area contributed by atoms with Crippen LogP contribution in [-0.2, 0) is 22.7 Å². The third-order valence-corrected chi connectivity index (χ3v) is 6.54. The lowest BCUT2D eigenvalue weighted by Crippen LogP contribution is -2.35. The molecule has 0 saturated carbocycles. The van der Waals surface area contributed by atoms with Crippen LogP contribution >= 0.6 is 0 Å². The minimum Gasteiger partial charge on any atom is -0.497 e. The van der Waals surface area contributed by atoms with E-state index >= 15 is 0 Å². The van der Waals surface area contributed by atoms with E-state index in [4.69, 9.17) is 20.6 Å². The first kappa shape index (κ1) is 27.0. The summed E-state index contributed by atoms with van der Waals surface area (Å²) in [5, 5.41) is 0. The second kappa shape index (κ2) is 12.4. The van der Waals surface area contributed by atoms with Crippen LogP contribution in [0.15, 0.2) is 66.7 Å². The van der Waals surface area contributed by atoms with E-state index in [9.17, 15) is 4.79 Å². The summed E-state index contributed by atoms with van der Waals surface area (Å²) in [5.74, 6) is 3.62. The number of rotatable bonds is 11. The van der Waals surface area contributed by atoms with Gasteiger partial charge in [0.1, 0.15) is 11.5 Å². The second-order valence-electron chi connectivity index (χ2n) is 9.58. The van der Waals surface area contributed by atoms with Crippen molar-refractivity contribution in [1.29, 1.82) is 0 Å². The standard InChI is InChI=1S/C32H35O4/c1-7-8-12-30(32(4,5)31(33)36-29-11-9-10-23(2)19-29)26-16-13-24(3)27(20-26)22-35-21-25-14-17-28(34-6)18-15-25/h1,9-11,13-20,30H,2,8,12,21-22H2,3-6H3. The molecular weight excluding hydrogens is 448 g/mol. The zero-order valence-corrected chi connectivity index (χ0v) is 21.7. The number of carbonyl (C=O) groups excluding carboxylic acids is 1. The first-order valence-corrected chi connectivity index (χ1v) is 12.1. The highest BCUT2D eigenvalue weighted by atomic mass is 16.5. The van der Waals surface area contributed by atoms with Gasteiger partial charge in [-0.25, -0.2) is 0 Å². The summed E-state index contributed by atoms with van der Waals surface area (Å²) in [6.45, 7) is 10.8. The normalized spacial score (nSPS) is 12.0. The van der Waals surface area contributed by atoms with Crippen molar-refractivity contribution in [3.63, 3.8) is 0 Å². The summed E-state index contributed by atoms with van der Waals surface area (Å²) in [5.41, 5.74) is 4.33. The Balaban J connectivity index is 1.78. The number of esters is 1. The number of ether oxygens (including phenoxy) is 3. The predicted molar refractivity (Wildman–Crippen MR) is 144 cm³/mol. The Morgan fingerprint density at radius 3 is 2.44 bits per heavy atom. The summed E-state index contributed by atoms with van der Waals surface area (Å²) < 4.78 is 17.0. The summed E-state index contributed by atoms with van der Waals surface area (Å²) >= 11 is 0. The summed E-state index contributed by atoms with van der Waals surface area (Å²) in [6, 6.07) is 21.4. The molecule has 0 bridgehead atoms. The molecular formula is C32H35O4. The van der Waals surface area contributed by atoms with Crippen molar-refractivity contribution >= 4 is 5.97 Å². The minimum absolute atomic E-state index is 0.120. The van der Waals surface area contributed by atoms with Gasteiger partial charge in [0.05, 0.1) is 25.7 Å². The average Bonchev–Trinajstić information content (AvgIpc) is 2.86. The predicted octanol–water partition coefficient (Wildman–Crippen LogP) is 7.03. The molecule has 0 saturated heterocycles. The fourth-order valence-corrected chi connectivity index (χ4v) is 4.23. The van der Waals surface area contributed by atoms with Gasteiger partial charge in [-0.2, -0.15) is 0 Å². The monoisotopic (exact) mass is 483 g/mol. The van der Waals surface area contributed by atoms with Crippen LogP contribution in [0.4, 0.5) is 0 Å². The summed E-state index contributed by atoms with van der Waals surface area (Å²) in [7, 11) is 1.65. The molecule has 0 amide bonds. The number of terminal acetylenes is 1. The van der Waals surface area contributed by atoms with Gasteiger partial charge in [-0.05, 0) is 86.2 Å². The maximum absolute atomic E-state index is 13.3. The summed E-state index contributed by atoms with van der Waals surface area (Å²) in [6.07, 6.45) is 6.84. The van der Waals surface area contributed by atoms with Crippen molar-refractivity contribution < 1.29 is 19.0 Å². The molecule has 4 heteroatoms. The molecule has 0 heterocycles. The Bertz CT molecular complexity index is 1200. The van der Waals surface area contributed by atoms with E-state index in [0.29, 0.717) is 31.8 Å². The fraction of sp³-hybridized carbons (Fsp3) is 0.312. The van der Waals surface area contributed by atoms with Gasteiger partial charge in [-0.3, -0.25) is 4.79 Å². The van der Waals surface area contributed by atoms with E-state index in [-0.39, 0.29) is 11.9 Å². The van der Waals surface area contributed by atoms with E-state index in [1.165, 1.54) is 0 Å². The first-order valence-electron chi connectivity index (χ1n) is 12.1. The van der Waals surface area contributed by atoms with Gasteiger partial charge in [0, 0.05) is 12.3 Å². The number of hydrogen-bond acceptors (Lipinski definition) is 4. The molecule has 0 aliphatic rings. The van der Waals surface area contributed by atoms with E-state index < -0.39 is 5.41 Å². The van der Waals surface area contributed by atoms with Gasteiger partial charge in [-0.1, -0.05) is 42.5 Å². The molecule has 1 radical (unpaired) electrons. The Hall–Kier alpha value is -3.55. The van der Waals surface area contributed by atoms with Gasteiger partial charge in [0.2, 0.25) is 0 Å². The number of benzene rings is 3. The molecule has 1 atom stereocenters. The summed E-state index contributed by atoms with van der Waals surface area (Å²) in [4.78, 5) is 13.3. The highest BCUT2D eigenvalue weighted by Gasteiger charge is 2.39. The maximum atomic E-state index is 13.3. The smallest absolute Gasteiger partial charge is 0.317 e. The lowest BCUT2D eigenvalue weighted by molar-refractivity contribution is -0.145. The quantitative estimate of drug-likeness (QED) is 0.167. The van der Waals surface area contributed by atoms with Crippen LogP contribution in [0.5, 0.6) is 11.5 Å². The fourth-order valence-electron chi connectivity index (χ4n) is 4.23. The molecule has 0 aliphatic heterocycles. The molecule has 0 fully saturated rings. The number of aryl methyl sites for hydroxylation is 1. The third kappa shape index (κ3) is 6.99. The van der Waals surface area contributed by atoms with Gasteiger partial charge in [0.25, 0.3) is 0 Å². The molecule has 0 aromatic heterocycles.